The maximum atomic E-state index is 10.5. The molecule has 0 saturated carbocycles. The van der Waals surface area contributed by atoms with Crippen molar-refractivity contribution in [3.63, 3.8) is 0 Å². The van der Waals surface area contributed by atoms with Crippen LogP contribution < -0.4 is 4.74 Å². The topological polar surface area (TPSA) is 26.3 Å². The van der Waals surface area contributed by atoms with Gasteiger partial charge in [0.2, 0.25) is 0 Å². The van der Waals surface area contributed by atoms with Crippen LogP contribution in [0.2, 0.25) is 0 Å². The van der Waals surface area contributed by atoms with Crippen LogP contribution in [0.15, 0.2) is 54.6 Å². The van der Waals surface area contributed by atoms with E-state index in [9.17, 15) is 4.79 Å². The van der Waals surface area contributed by atoms with Crippen molar-refractivity contribution in [1.82, 2.24) is 0 Å². The SMILES string of the molecule is O=COc1cc2ccccc2c2ccccc12.[NaH]. The molecular weight excluding hydrogens is 235 g/mol. The number of rotatable bonds is 2. The van der Waals surface area contributed by atoms with Gasteiger partial charge in [0.25, 0.3) is 6.47 Å². The standard InChI is InChI=1S/C15H10O2.Na.H/c16-10-17-15-9-11-5-1-2-6-12(11)13-7-3-4-8-14(13)15;;/h1-10H;;. The fraction of sp³-hybridized carbons (Fsp3) is 0. The fourth-order valence-corrected chi connectivity index (χ4v) is 2.17. The molecule has 3 aromatic rings. The Hall–Kier alpha value is -1.35. The molecule has 0 spiro atoms. The number of ether oxygens (including phenoxy) is 1. The Morgan fingerprint density at radius 2 is 1.44 bits per heavy atom. The van der Waals surface area contributed by atoms with Crippen molar-refractivity contribution >= 4 is 57.6 Å². The second kappa shape index (κ2) is 5.53. The average Bonchev–Trinajstić information content (AvgIpc) is 2.39. The molecule has 18 heavy (non-hydrogen) atoms. The zero-order valence-electron chi connectivity index (χ0n) is 9.09. The third-order valence-corrected chi connectivity index (χ3v) is 2.91. The Kier molecular flexibility index (Phi) is 4.02. The predicted molar refractivity (Wildman–Crippen MR) is 75.3 cm³/mol. The summed E-state index contributed by atoms with van der Waals surface area (Å²) in [6, 6.07) is 17.9. The summed E-state index contributed by atoms with van der Waals surface area (Å²) in [6.45, 7) is 0.469. The molecule has 0 atom stereocenters. The van der Waals surface area contributed by atoms with Gasteiger partial charge in [0, 0.05) is 5.39 Å². The van der Waals surface area contributed by atoms with Crippen molar-refractivity contribution in [2.45, 2.75) is 0 Å². The Balaban J connectivity index is 0.00000120. The van der Waals surface area contributed by atoms with Crippen LogP contribution in [0.5, 0.6) is 5.75 Å². The summed E-state index contributed by atoms with van der Waals surface area (Å²) >= 11 is 0. The van der Waals surface area contributed by atoms with Gasteiger partial charge in [-0.2, -0.15) is 0 Å². The molecule has 0 aliphatic carbocycles. The van der Waals surface area contributed by atoms with Crippen LogP contribution in [0.3, 0.4) is 0 Å². The fourth-order valence-electron chi connectivity index (χ4n) is 2.17. The van der Waals surface area contributed by atoms with E-state index in [0.717, 1.165) is 16.2 Å². The van der Waals surface area contributed by atoms with Crippen LogP contribution in [0.25, 0.3) is 21.5 Å². The summed E-state index contributed by atoms with van der Waals surface area (Å²) in [6.07, 6.45) is 0. The van der Waals surface area contributed by atoms with Crippen LogP contribution in [-0.4, -0.2) is 36.0 Å². The van der Waals surface area contributed by atoms with Gasteiger partial charge >= 0.3 is 29.6 Å². The van der Waals surface area contributed by atoms with Gasteiger partial charge < -0.3 is 4.74 Å². The number of fused-ring (bicyclic) bond motifs is 3. The third-order valence-electron chi connectivity index (χ3n) is 2.91. The van der Waals surface area contributed by atoms with Gasteiger partial charge in [-0.25, -0.2) is 0 Å². The molecule has 0 aliphatic heterocycles. The Morgan fingerprint density at radius 3 is 2.17 bits per heavy atom. The summed E-state index contributed by atoms with van der Waals surface area (Å²) in [7, 11) is 0. The van der Waals surface area contributed by atoms with Gasteiger partial charge in [-0.15, -0.1) is 0 Å². The van der Waals surface area contributed by atoms with E-state index in [1.54, 1.807) is 0 Å². The third kappa shape index (κ3) is 2.15. The molecule has 0 saturated heterocycles. The molecule has 0 amide bonds. The summed E-state index contributed by atoms with van der Waals surface area (Å²) < 4.78 is 5.05. The Bertz CT molecular complexity index is 707. The molecular formula is C15H11NaO2. The van der Waals surface area contributed by atoms with Crippen molar-refractivity contribution < 1.29 is 9.53 Å². The van der Waals surface area contributed by atoms with E-state index in [2.05, 4.69) is 6.07 Å². The first-order valence-corrected chi connectivity index (χ1v) is 5.41. The molecule has 0 heterocycles. The summed E-state index contributed by atoms with van der Waals surface area (Å²) in [4.78, 5) is 10.5. The number of benzene rings is 3. The van der Waals surface area contributed by atoms with E-state index in [-0.39, 0.29) is 29.6 Å². The molecule has 0 aromatic heterocycles. The molecule has 2 nitrogen and oxygen atoms in total. The van der Waals surface area contributed by atoms with Gasteiger partial charge in [-0.3, -0.25) is 4.79 Å². The second-order valence-electron chi connectivity index (χ2n) is 3.86. The van der Waals surface area contributed by atoms with Crippen molar-refractivity contribution in [2.24, 2.45) is 0 Å². The van der Waals surface area contributed by atoms with E-state index in [4.69, 9.17) is 4.74 Å². The first-order chi connectivity index (χ1) is 8.40. The molecule has 0 N–H and O–H groups in total. The van der Waals surface area contributed by atoms with Crippen molar-refractivity contribution in [2.75, 3.05) is 0 Å². The zero-order valence-corrected chi connectivity index (χ0v) is 9.09. The van der Waals surface area contributed by atoms with E-state index in [1.165, 1.54) is 5.39 Å². The first-order valence-electron chi connectivity index (χ1n) is 5.41. The number of hydrogen-bond donors (Lipinski definition) is 0. The van der Waals surface area contributed by atoms with Gasteiger partial charge in [0.05, 0.1) is 0 Å². The summed E-state index contributed by atoms with van der Waals surface area (Å²) in [5, 5.41) is 4.30. The predicted octanol–water partition coefficient (Wildman–Crippen LogP) is 2.88. The van der Waals surface area contributed by atoms with Gasteiger partial charge in [-0.1, -0.05) is 48.5 Å². The number of carbonyl (C=O) groups is 1. The van der Waals surface area contributed by atoms with Crippen molar-refractivity contribution in [3.05, 3.63) is 54.6 Å². The van der Waals surface area contributed by atoms with Crippen LogP contribution in [0.4, 0.5) is 0 Å². The van der Waals surface area contributed by atoms with E-state index < -0.39 is 0 Å². The van der Waals surface area contributed by atoms with Gasteiger partial charge in [0.1, 0.15) is 5.75 Å². The van der Waals surface area contributed by atoms with Crippen LogP contribution >= 0.6 is 0 Å². The van der Waals surface area contributed by atoms with Gasteiger partial charge in [0.15, 0.2) is 0 Å². The molecule has 0 unspecified atom stereocenters. The van der Waals surface area contributed by atoms with Crippen LogP contribution in [-0.2, 0) is 4.79 Å². The number of carbonyl (C=O) groups excluding carboxylic acids is 1. The first kappa shape index (κ1) is 13.1. The van der Waals surface area contributed by atoms with E-state index in [1.807, 2.05) is 48.5 Å². The monoisotopic (exact) mass is 246 g/mol. The van der Waals surface area contributed by atoms with Crippen molar-refractivity contribution in [3.8, 4) is 5.75 Å². The molecule has 0 bridgehead atoms. The van der Waals surface area contributed by atoms with Crippen LogP contribution in [0, 0.1) is 0 Å². The molecule has 0 aliphatic rings. The Labute approximate surface area is 127 Å². The normalized spacial score (nSPS) is 10.0. The summed E-state index contributed by atoms with van der Waals surface area (Å²) in [5.41, 5.74) is 0. The number of hydrogen-bond acceptors (Lipinski definition) is 2. The Morgan fingerprint density at radius 1 is 0.833 bits per heavy atom. The summed E-state index contributed by atoms with van der Waals surface area (Å²) in [5.74, 6) is 0.606. The quantitative estimate of drug-likeness (QED) is 0.395. The van der Waals surface area contributed by atoms with Crippen LogP contribution in [0.1, 0.15) is 0 Å². The zero-order chi connectivity index (χ0) is 11.7. The molecule has 3 rings (SSSR count). The van der Waals surface area contributed by atoms with Crippen molar-refractivity contribution in [1.29, 1.82) is 0 Å². The van der Waals surface area contributed by atoms with E-state index >= 15 is 0 Å². The van der Waals surface area contributed by atoms with E-state index in [0.29, 0.717) is 12.2 Å². The minimum atomic E-state index is 0. The minimum absolute atomic E-state index is 0. The second-order valence-corrected chi connectivity index (χ2v) is 3.86. The molecule has 0 radical (unpaired) electrons. The average molecular weight is 246 g/mol. The maximum absolute atomic E-state index is 10.5. The van der Waals surface area contributed by atoms with Gasteiger partial charge in [-0.05, 0) is 22.2 Å². The molecule has 3 aromatic carbocycles. The molecule has 84 valence electrons. The molecule has 0 fully saturated rings. The molecule has 3 heteroatoms.